The Bertz CT molecular complexity index is 663. The molecular formula is C12H12BrNO3S2. The zero-order valence-corrected chi connectivity index (χ0v) is 13.2. The molecule has 1 fully saturated rings. The van der Waals surface area contributed by atoms with Crippen LogP contribution in [0.25, 0.3) is 0 Å². The number of thiophene rings is 1. The molecule has 4 nitrogen and oxygen atoms in total. The molecule has 3 rings (SSSR count). The molecule has 19 heavy (non-hydrogen) atoms. The van der Waals surface area contributed by atoms with Gasteiger partial charge in [-0.2, -0.15) is 4.31 Å². The van der Waals surface area contributed by atoms with Crippen molar-refractivity contribution >= 4 is 37.3 Å². The minimum absolute atomic E-state index is 0.0232. The molecule has 0 saturated carbocycles. The van der Waals surface area contributed by atoms with E-state index in [9.17, 15) is 8.42 Å². The highest BCUT2D eigenvalue weighted by Crippen LogP contribution is 2.40. The van der Waals surface area contributed by atoms with Gasteiger partial charge in [0.25, 0.3) is 10.0 Å². The number of rotatable bonds is 3. The lowest BCUT2D eigenvalue weighted by Gasteiger charge is -2.21. The van der Waals surface area contributed by atoms with Gasteiger partial charge in [0.1, 0.15) is 0 Å². The van der Waals surface area contributed by atoms with Crippen LogP contribution in [0.4, 0.5) is 0 Å². The molecule has 0 N–H and O–H groups in total. The van der Waals surface area contributed by atoms with Crippen LogP contribution < -0.4 is 0 Å². The highest BCUT2D eigenvalue weighted by Gasteiger charge is 2.38. The summed E-state index contributed by atoms with van der Waals surface area (Å²) < 4.78 is 32.7. The van der Waals surface area contributed by atoms with Gasteiger partial charge in [-0.05, 0) is 53.0 Å². The largest absolute Gasteiger partial charge is 0.452 e. The Balaban J connectivity index is 1.96. The van der Waals surface area contributed by atoms with Crippen LogP contribution >= 0.6 is 27.3 Å². The smallest absolute Gasteiger partial charge is 0.277 e. The molecule has 1 saturated heterocycles. The van der Waals surface area contributed by atoms with Gasteiger partial charge in [-0.3, -0.25) is 0 Å². The van der Waals surface area contributed by atoms with Crippen LogP contribution in [0.3, 0.4) is 0 Å². The fourth-order valence-corrected chi connectivity index (χ4v) is 5.57. The van der Waals surface area contributed by atoms with E-state index in [0.29, 0.717) is 6.54 Å². The average Bonchev–Trinajstić information content (AvgIpc) is 3.10. The van der Waals surface area contributed by atoms with Crippen molar-refractivity contribution in [3.8, 4) is 0 Å². The summed E-state index contributed by atoms with van der Waals surface area (Å²) in [6.07, 6.45) is 3.12. The van der Waals surface area contributed by atoms with E-state index in [1.54, 1.807) is 21.7 Å². The van der Waals surface area contributed by atoms with Gasteiger partial charge in [0.2, 0.25) is 5.09 Å². The van der Waals surface area contributed by atoms with Gasteiger partial charge in [-0.25, -0.2) is 8.42 Å². The predicted octanol–water partition coefficient (Wildman–Crippen LogP) is 3.63. The molecule has 3 heterocycles. The van der Waals surface area contributed by atoms with Crippen molar-refractivity contribution in [2.24, 2.45) is 0 Å². The SMILES string of the molecule is O=S(=O)(c1ccco1)N1CCCC1c1ccc(Br)s1. The Labute approximate surface area is 124 Å². The first-order chi connectivity index (χ1) is 9.09. The van der Waals surface area contributed by atoms with Crippen LogP contribution in [0, 0.1) is 0 Å². The normalized spacial score (nSPS) is 21.0. The standard InChI is InChI=1S/C12H12BrNO3S2/c13-11-6-5-10(18-11)9-3-1-7-14(9)19(15,16)12-4-2-8-17-12/h2,4-6,8-9H,1,3,7H2. The Morgan fingerprint density at radius 1 is 1.37 bits per heavy atom. The minimum Gasteiger partial charge on any atom is -0.452 e. The third-order valence-corrected chi connectivity index (χ3v) is 6.70. The lowest BCUT2D eigenvalue weighted by atomic mass is 10.2. The zero-order valence-electron chi connectivity index (χ0n) is 9.95. The molecule has 2 aromatic rings. The second-order valence-corrected chi connectivity index (χ2v) is 8.66. The van der Waals surface area contributed by atoms with Crippen LogP contribution in [0.2, 0.25) is 0 Å². The molecule has 102 valence electrons. The molecule has 0 bridgehead atoms. The van der Waals surface area contributed by atoms with Crippen molar-refractivity contribution in [2.75, 3.05) is 6.54 Å². The summed E-state index contributed by atoms with van der Waals surface area (Å²) in [6.45, 7) is 0.545. The molecule has 0 aromatic carbocycles. The molecule has 0 aliphatic carbocycles. The van der Waals surface area contributed by atoms with Crippen molar-refractivity contribution in [1.82, 2.24) is 4.31 Å². The zero-order chi connectivity index (χ0) is 13.5. The quantitative estimate of drug-likeness (QED) is 0.838. The predicted molar refractivity (Wildman–Crippen MR) is 76.6 cm³/mol. The lowest BCUT2D eigenvalue weighted by molar-refractivity contribution is 0.371. The molecule has 1 aliphatic rings. The van der Waals surface area contributed by atoms with Crippen LogP contribution in [0.15, 0.2) is 43.8 Å². The first-order valence-electron chi connectivity index (χ1n) is 5.89. The number of hydrogen-bond donors (Lipinski definition) is 0. The van der Waals surface area contributed by atoms with E-state index in [-0.39, 0.29) is 11.1 Å². The summed E-state index contributed by atoms with van der Waals surface area (Å²) in [7, 11) is -3.53. The fraction of sp³-hybridized carbons (Fsp3) is 0.333. The van der Waals surface area contributed by atoms with E-state index in [4.69, 9.17) is 4.42 Å². The summed E-state index contributed by atoms with van der Waals surface area (Å²) in [4.78, 5) is 1.07. The first kappa shape index (κ1) is 13.4. The van der Waals surface area contributed by atoms with Gasteiger partial charge in [-0.15, -0.1) is 11.3 Å². The Hall–Kier alpha value is -0.630. The number of nitrogens with zero attached hydrogens (tertiary/aromatic N) is 1. The molecule has 1 aliphatic heterocycles. The lowest BCUT2D eigenvalue weighted by Crippen LogP contribution is -2.30. The summed E-state index contributed by atoms with van der Waals surface area (Å²) in [5.41, 5.74) is 0. The van der Waals surface area contributed by atoms with Crippen molar-refractivity contribution in [2.45, 2.75) is 24.0 Å². The van der Waals surface area contributed by atoms with Crippen LogP contribution in [0.5, 0.6) is 0 Å². The Morgan fingerprint density at radius 3 is 2.84 bits per heavy atom. The molecule has 7 heteroatoms. The van der Waals surface area contributed by atoms with Crippen molar-refractivity contribution < 1.29 is 12.8 Å². The molecule has 1 atom stereocenters. The molecule has 0 amide bonds. The fourth-order valence-electron chi connectivity index (χ4n) is 2.35. The molecule has 0 spiro atoms. The first-order valence-corrected chi connectivity index (χ1v) is 8.94. The third kappa shape index (κ3) is 2.40. The van der Waals surface area contributed by atoms with E-state index in [1.165, 1.54) is 12.3 Å². The molecule has 1 unspecified atom stereocenters. The average molecular weight is 362 g/mol. The molecule has 0 radical (unpaired) electrons. The Kier molecular flexibility index (Phi) is 3.55. The van der Waals surface area contributed by atoms with Gasteiger partial charge in [0.05, 0.1) is 16.1 Å². The summed E-state index contributed by atoms with van der Waals surface area (Å²) >= 11 is 5.00. The van der Waals surface area contributed by atoms with E-state index in [0.717, 1.165) is 21.5 Å². The molecular weight excluding hydrogens is 350 g/mol. The maximum absolute atomic E-state index is 12.5. The summed E-state index contributed by atoms with van der Waals surface area (Å²) in [5.74, 6) is 0. The maximum Gasteiger partial charge on any atom is 0.277 e. The number of sulfonamides is 1. The second-order valence-electron chi connectivity index (χ2n) is 4.35. The van der Waals surface area contributed by atoms with Crippen molar-refractivity contribution in [3.63, 3.8) is 0 Å². The van der Waals surface area contributed by atoms with Crippen molar-refractivity contribution in [1.29, 1.82) is 0 Å². The van der Waals surface area contributed by atoms with E-state index >= 15 is 0 Å². The van der Waals surface area contributed by atoms with Gasteiger partial charge in [0, 0.05) is 11.4 Å². The van der Waals surface area contributed by atoms with Gasteiger partial charge >= 0.3 is 0 Å². The van der Waals surface area contributed by atoms with Gasteiger partial charge in [0.15, 0.2) is 0 Å². The Morgan fingerprint density at radius 2 is 2.21 bits per heavy atom. The number of halogens is 1. The maximum atomic E-state index is 12.5. The van der Waals surface area contributed by atoms with Crippen LogP contribution in [-0.2, 0) is 10.0 Å². The molecule has 2 aromatic heterocycles. The second kappa shape index (κ2) is 5.05. The van der Waals surface area contributed by atoms with E-state index in [2.05, 4.69) is 15.9 Å². The highest BCUT2D eigenvalue weighted by atomic mass is 79.9. The van der Waals surface area contributed by atoms with E-state index < -0.39 is 10.0 Å². The van der Waals surface area contributed by atoms with Gasteiger partial charge < -0.3 is 4.42 Å². The highest BCUT2D eigenvalue weighted by molar-refractivity contribution is 9.11. The van der Waals surface area contributed by atoms with Gasteiger partial charge in [-0.1, -0.05) is 0 Å². The van der Waals surface area contributed by atoms with Crippen LogP contribution in [0.1, 0.15) is 23.8 Å². The summed E-state index contributed by atoms with van der Waals surface area (Å²) in [6, 6.07) is 6.95. The summed E-state index contributed by atoms with van der Waals surface area (Å²) in [5, 5.41) is 0.0232. The number of furan rings is 1. The minimum atomic E-state index is -3.53. The monoisotopic (exact) mass is 361 g/mol. The van der Waals surface area contributed by atoms with Crippen molar-refractivity contribution in [3.05, 3.63) is 39.2 Å². The number of hydrogen-bond acceptors (Lipinski definition) is 4. The third-order valence-electron chi connectivity index (χ3n) is 3.18. The van der Waals surface area contributed by atoms with Crippen LogP contribution in [-0.4, -0.2) is 19.3 Å². The topological polar surface area (TPSA) is 50.5 Å². The van der Waals surface area contributed by atoms with E-state index in [1.807, 2.05) is 12.1 Å².